The van der Waals surface area contributed by atoms with Crippen molar-refractivity contribution in [3.05, 3.63) is 46.3 Å². The van der Waals surface area contributed by atoms with Crippen LogP contribution in [0, 0.1) is 16.0 Å². The van der Waals surface area contributed by atoms with E-state index in [0.29, 0.717) is 5.95 Å². The number of nitrogens with one attached hydrogen (secondary N) is 2. The van der Waals surface area contributed by atoms with Crippen molar-refractivity contribution >= 4 is 17.3 Å². The Balaban J connectivity index is 1.84. The molecule has 1 aromatic heterocycles. The van der Waals surface area contributed by atoms with Crippen molar-refractivity contribution in [2.75, 3.05) is 5.32 Å². The molecule has 4 rings (SSSR count). The number of non-ortho nitro benzene ring substituents is 1. The molecule has 0 bridgehead atoms. The Morgan fingerprint density at radius 2 is 2.09 bits per heavy atom. The van der Waals surface area contributed by atoms with Gasteiger partial charge in [-0.05, 0) is 19.4 Å². The van der Waals surface area contributed by atoms with Gasteiger partial charge in [0.25, 0.3) is 5.69 Å². The van der Waals surface area contributed by atoms with E-state index >= 15 is 0 Å². The minimum atomic E-state index is -0.473. The van der Waals surface area contributed by atoms with Gasteiger partial charge in [-0.15, -0.1) is 0 Å². The van der Waals surface area contributed by atoms with E-state index in [1.807, 2.05) is 13.8 Å². The van der Waals surface area contributed by atoms with Crippen LogP contribution in [0.15, 0.2) is 35.7 Å². The predicted molar refractivity (Wildman–Crippen MR) is 83.0 cm³/mol. The second-order valence-corrected chi connectivity index (χ2v) is 5.99. The third-order valence-corrected chi connectivity index (χ3v) is 4.51. The summed E-state index contributed by atoms with van der Waals surface area (Å²) >= 11 is 0. The summed E-state index contributed by atoms with van der Waals surface area (Å²) in [7, 11) is 0. The zero-order valence-corrected chi connectivity index (χ0v) is 12.6. The van der Waals surface area contributed by atoms with Crippen molar-refractivity contribution in [3.63, 3.8) is 0 Å². The van der Waals surface area contributed by atoms with E-state index in [4.69, 9.17) is 0 Å². The Kier molecular flexibility index (Phi) is 2.68. The number of benzene rings is 1. The van der Waals surface area contributed by atoms with E-state index in [-0.39, 0.29) is 17.6 Å². The van der Waals surface area contributed by atoms with Crippen LogP contribution in [-0.4, -0.2) is 31.1 Å². The molecule has 0 saturated carbocycles. The maximum Gasteiger partial charge on any atom is 0.269 e. The smallest absolute Gasteiger partial charge is 0.269 e. The molecule has 0 amide bonds. The number of fused-ring (bicyclic) bond motifs is 2. The number of aromatic nitrogens is 3. The molecule has 9 heteroatoms. The maximum absolute atomic E-state index is 10.9. The summed E-state index contributed by atoms with van der Waals surface area (Å²) in [4.78, 5) is 14.7. The van der Waals surface area contributed by atoms with Gasteiger partial charge in [0.2, 0.25) is 5.95 Å². The predicted octanol–water partition coefficient (Wildman–Crippen LogP) is 1.51. The van der Waals surface area contributed by atoms with Crippen LogP contribution in [0.25, 0.3) is 0 Å². The summed E-state index contributed by atoms with van der Waals surface area (Å²) in [6.07, 6.45) is 1.50. The molecule has 0 saturated heterocycles. The van der Waals surface area contributed by atoms with E-state index < -0.39 is 10.6 Å². The number of anilines is 1. The topological polar surface area (TPSA) is 110 Å². The molecule has 0 spiro atoms. The quantitative estimate of drug-likeness (QED) is 0.642. The molecule has 23 heavy (non-hydrogen) atoms. The van der Waals surface area contributed by atoms with Crippen LogP contribution < -0.4 is 10.7 Å². The highest BCUT2D eigenvalue weighted by atomic mass is 16.6. The minimum Gasteiger partial charge on any atom is -0.330 e. The fraction of sp³-hybridized carbons (Fsp3) is 0.357. The van der Waals surface area contributed by atoms with E-state index in [2.05, 4.69) is 25.9 Å². The fourth-order valence-electron chi connectivity index (χ4n) is 3.45. The number of nitro benzene ring substituents is 1. The van der Waals surface area contributed by atoms with Crippen LogP contribution >= 0.6 is 0 Å². The molecule has 2 aliphatic rings. The molecule has 3 heterocycles. The van der Waals surface area contributed by atoms with Crippen LogP contribution in [0.1, 0.15) is 25.5 Å². The lowest BCUT2D eigenvalue weighted by Crippen LogP contribution is -2.57. The van der Waals surface area contributed by atoms with E-state index in [1.54, 1.807) is 16.8 Å². The van der Waals surface area contributed by atoms with Gasteiger partial charge in [-0.2, -0.15) is 15.2 Å². The van der Waals surface area contributed by atoms with Crippen LogP contribution in [0.3, 0.4) is 0 Å². The van der Waals surface area contributed by atoms with Gasteiger partial charge in [0, 0.05) is 17.8 Å². The Hall–Kier alpha value is -2.97. The first-order chi connectivity index (χ1) is 11.0. The standard InChI is InChI=1S/C14H15N7O2/c1-8-11-12(9-3-5-10(6-4-9)21(22)23)20-13(15-7-16-20)17-14(11,2)19-18-8/h3-7,11-12,19H,1-2H3,(H,15,16,17)/t11-,12-,14+/m1/s1. The van der Waals surface area contributed by atoms with Crippen molar-refractivity contribution in [1.29, 1.82) is 0 Å². The van der Waals surface area contributed by atoms with Crippen LogP contribution in [0.4, 0.5) is 11.6 Å². The molecule has 0 unspecified atom stereocenters. The monoisotopic (exact) mass is 313 g/mol. The summed E-state index contributed by atoms with van der Waals surface area (Å²) in [5.74, 6) is 0.655. The van der Waals surface area contributed by atoms with Crippen molar-refractivity contribution in [2.24, 2.45) is 11.0 Å². The highest BCUT2D eigenvalue weighted by Gasteiger charge is 2.51. The van der Waals surface area contributed by atoms with Gasteiger partial charge in [-0.25, -0.2) is 4.68 Å². The Morgan fingerprint density at radius 1 is 1.35 bits per heavy atom. The highest BCUT2D eigenvalue weighted by molar-refractivity contribution is 5.89. The van der Waals surface area contributed by atoms with Gasteiger partial charge in [-0.3, -0.25) is 15.5 Å². The number of hydrogen-bond donors (Lipinski definition) is 2. The van der Waals surface area contributed by atoms with E-state index in [9.17, 15) is 10.1 Å². The van der Waals surface area contributed by atoms with Gasteiger partial charge in [0.15, 0.2) is 0 Å². The van der Waals surface area contributed by atoms with E-state index in [1.165, 1.54) is 18.5 Å². The summed E-state index contributed by atoms with van der Waals surface area (Å²) in [6, 6.07) is 6.43. The van der Waals surface area contributed by atoms with Crippen molar-refractivity contribution in [3.8, 4) is 0 Å². The van der Waals surface area contributed by atoms with Gasteiger partial charge < -0.3 is 5.32 Å². The third-order valence-electron chi connectivity index (χ3n) is 4.51. The lowest BCUT2D eigenvalue weighted by Gasteiger charge is -2.42. The molecule has 2 aromatic rings. The molecule has 0 aliphatic carbocycles. The first-order valence-electron chi connectivity index (χ1n) is 7.23. The highest BCUT2D eigenvalue weighted by Crippen LogP contribution is 2.43. The lowest BCUT2D eigenvalue weighted by atomic mass is 9.80. The lowest BCUT2D eigenvalue weighted by molar-refractivity contribution is -0.384. The maximum atomic E-state index is 10.9. The summed E-state index contributed by atoms with van der Waals surface area (Å²) in [6.45, 7) is 3.99. The number of rotatable bonds is 2. The number of nitro groups is 1. The zero-order valence-electron chi connectivity index (χ0n) is 12.6. The third kappa shape index (κ3) is 1.89. The van der Waals surface area contributed by atoms with Crippen molar-refractivity contribution < 1.29 is 4.92 Å². The van der Waals surface area contributed by atoms with Crippen LogP contribution in [0.2, 0.25) is 0 Å². The molecule has 2 aliphatic heterocycles. The zero-order chi connectivity index (χ0) is 16.2. The van der Waals surface area contributed by atoms with Gasteiger partial charge in [-0.1, -0.05) is 12.1 Å². The summed E-state index contributed by atoms with van der Waals surface area (Å²) in [5.41, 5.74) is 4.61. The van der Waals surface area contributed by atoms with Crippen LogP contribution in [0.5, 0.6) is 0 Å². The van der Waals surface area contributed by atoms with Crippen LogP contribution in [-0.2, 0) is 0 Å². The molecular weight excluding hydrogens is 298 g/mol. The minimum absolute atomic E-state index is 0.0122. The largest absolute Gasteiger partial charge is 0.330 e. The Bertz CT molecular complexity index is 813. The average molecular weight is 313 g/mol. The van der Waals surface area contributed by atoms with Gasteiger partial charge in [0.1, 0.15) is 12.0 Å². The molecule has 2 N–H and O–H groups in total. The Labute approximate surface area is 131 Å². The van der Waals surface area contributed by atoms with E-state index in [0.717, 1.165) is 11.3 Å². The fourth-order valence-corrected chi connectivity index (χ4v) is 3.45. The normalized spacial score (nSPS) is 28.2. The van der Waals surface area contributed by atoms with Crippen molar-refractivity contribution in [2.45, 2.75) is 25.6 Å². The number of nitrogens with zero attached hydrogens (tertiary/aromatic N) is 5. The average Bonchev–Trinajstić information content (AvgIpc) is 3.09. The first-order valence-corrected chi connectivity index (χ1v) is 7.23. The van der Waals surface area contributed by atoms with Gasteiger partial charge >= 0.3 is 0 Å². The van der Waals surface area contributed by atoms with Crippen molar-refractivity contribution in [1.82, 2.24) is 20.2 Å². The second-order valence-electron chi connectivity index (χ2n) is 5.99. The number of hydrazone groups is 1. The second kappa shape index (κ2) is 4.51. The molecule has 118 valence electrons. The summed E-state index contributed by atoms with van der Waals surface area (Å²) in [5, 5.41) is 22.9. The number of hydrogen-bond acceptors (Lipinski definition) is 7. The molecule has 3 atom stereocenters. The summed E-state index contributed by atoms with van der Waals surface area (Å²) < 4.78 is 1.81. The SMILES string of the molecule is CC1=NN[C@]2(C)Nc3ncnn3[C@H](c3ccc([N+](=O)[O-])cc3)[C@@H]12. The van der Waals surface area contributed by atoms with Gasteiger partial charge in [0.05, 0.1) is 16.9 Å². The molecule has 0 radical (unpaired) electrons. The molecule has 1 aromatic carbocycles. The first kappa shape index (κ1) is 13.7. The Morgan fingerprint density at radius 3 is 2.78 bits per heavy atom. The molecule has 0 fully saturated rings. The molecular formula is C14H15N7O2. The molecule has 9 nitrogen and oxygen atoms in total.